The minimum Gasteiger partial charge on any atom is -0.372 e. The van der Waals surface area contributed by atoms with Crippen molar-refractivity contribution in [1.82, 2.24) is 10.2 Å². The highest BCUT2D eigenvalue weighted by Gasteiger charge is 2.27. The Bertz CT molecular complexity index is 270. The minimum atomic E-state index is 0.449. The first-order valence-electron chi connectivity index (χ1n) is 8.72. The van der Waals surface area contributed by atoms with Crippen LogP contribution < -0.4 is 5.32 Å². The molecule has 3 nitrogen and oxygen atoms in total. The van der Waals surface area contributed by atoms with Crippen molar-refractivity contribution in [1.29, 1.82) is 0 Å². The molecular formula is C17H34N2O. The monoisotopic (exact) mass is 282 g/mol. The van der Waals surface area contributed by atoms with Crippen LogP contribution in [0.2, 0.25) is 0 Å². The highest BCUT2D eigenvalue weighted by atomic mass is 16.5. The van der Waals surface area contributed by atoms with E-state index >= 15 is 0 Å². The van der Waals surface area contributed by atoms with Gasteiger partial charge in [-0.3, -0.25) is 0 Å². The van der Waals surface area contributed by atoms with Crippen LogP contribution in [-0.2, 0) is 4.74 Å². The number of nitrogens with one attached hydrogen (secondary N) is 1. The van der Waals surface area contributed by atoms with E-state index in [0.29, 0.717) is 12.2 Å². The third kappa shape index (κ3) is 5.71. The van der Waals surface area contributed by atoms with Gasteiger partial charge in [0.25, 0.3) is 0 Å². The predicted molar refractivity (Wildman–Crippen MR) is 85.1 cm³/mol. The van der Waals surface area contributed by atoms with E-state index in [4.69, 9.17) is 4.74 Å². The summed E-state index contributed by atoms with van der Waals surface area (Å²) in [4.78, 5) is 2.64. The molecule has 0 bridgehead atoms. The fraction of sp³-hybridized carbons (Fsp3) is 1.00. The zero-order chi connectivity index (χ0) is 14.4. The van der Waals surface area contributed by atoms with Gasteiger partial charge in [-0.15, -0.1) is 0 Å². The molecular weight excluding hydrogens is 248 g/mol. The van der Waals surface area contributed by atoms with Crippen LogP contribution in [-0.4, -0.2) is 49.8 Å². The normalized spacial score (nSPS) is 32.7. The van der Waals surface area contributed by atoms with Crippen LogP contribution in [0.1, 0.15) is 52.9 Å². The molecule has 118 valence electrons. The SMILES string of the molecule is CC(C)CNCC1CCC(CN2CCCC(C)CC2)O1. The Labute approximate surface area is 125 Å². The Kier molecular flexibility index (Phi) is 6.79. The van der Waals surface area contributed by atoms with Gasteiger partial charge in [-0.05, 0) is 63.6 Å². The van der Waals surface area contributed by atoms with E-state index in [1.807, 2.05) is 0 Å². The highest BCUT2D eigenvalue weighted by Crippen LogP contribution is 2.22. The molecule has 2 rings (SSSR count). The lowest BCUT2D eigenvalue weighted by atomic mass is 10.0. The smallest absolute Gasteiger partial charge is 0.0707 e. The quantitative estimate of drug-likeness (QED) is 0.811. The molecule has 3 atom stereocenters. The average Bonchev–Trinajstić information content (AvgIpc) is 2.72. The van der Waals surface area contributed by atoms with Crippen molar-refractivity contribution < 1.29 is 4.74 Å². The van der Waals surface area contributed by atoms with Gasteiger partial charge in [0.1, 0.15) is 0 Å². The van der Waals surface area contributed by atoms with E-state index in [9.17, 15) is 0 Å². The first-order valence-corrected chi connectivity index (χ1v) is 8.72. The van der Waals surface area contributed by atoms with Gasteiger partial charge in [-0.25, -0.2) is 0 Å². The number of hydrogen-bond acceptors (Lipinski definition) is 3. The number of hydrogen-bond donors (Lipinski definition) is 1. The van der Waals surface area contributed by atoms with E-state index in [1.54, 1.807) is 0 Å². The van der Waals surface area contributed by atoms with Gasteiger partial charge in [0.05, 0.1) is 12.2 Å². The van der Waals surface area contributed by atoms with Gasteiger partial charge in [0.15, 0.2) is 0 Å². The third-order valence-electron chi connectivity index (χ3n) is 4.69. The zero-order valence-corrected chi connectivity index (χ0v) is 13.7. The van der Waals surface area contributed by atoms with E-state index < -0.39 is 0 Å². The molecule has 0 spiro atoms. The van der Waals surface area contributed by atoms with Crippen LogP contribution >= 0.6 is 0 Å². The number of likely N-dealkylation sites (tertiary alicyclic amines) is 1. The van der Waals surface area contributed by atoms with Crippen molar-refractivity contribution in [3.05, 3.63) is 0 Å². The second kappa shape index (κ2) is 8.35. The average molecular weight is 282 g/mol. The molecule has 3 unspecified atom stereocenters. The standard InChI is InChI=1S/C17H34N2O/c1-14(2)11-18-12-16-6-7-17(20-16)13-19-9-4-5-15(3)8-10-19/h14-18H,4-13H2,1-3H3. The van der Waals surface area contributed by atoms with Gasteiger partial charge >= 0.3 is 0 Å². The van der Waals surface area contributed by atoms with E-state index in [-0.39, 0.29) is 0 Å². The summed E-state index contributed by atoms with van der Waals surface area (Å²) in [7, 11) is 0. The molecule has 2 aliphatic rings. The summed E-state index contributed by atoms with van der Waals surface area (Å²) in [6.45, 7) is 12.8. The maximum Gasteiger partial charge on any atom is 0.0707 e. The van der Waals surface area contributed by atoms with Crippen molar-refractivity contribution in [2.24, 2.45) is 11.8 Å². The topological polar surface area (TPSA) is 24.5 Å². The van der Waals surface area contributed by atoms with Crippen LogP contribution in [0, 0.1) is 11.8 Å². The van der Waals surface area contributed by atoms with Crippen LogP contribution in [0.4, 0.5) is 0 Å². The van der Waals surface area contributed by atoms with Crippen LogP contribution in [0.15, 0.2) is 0 Å². The number of ether oxygens (including phenoxy) is 1. The molecule has 0 saturated carbocycles. The van der Waals surface area contributed by atoms with Crippen LogP contribution in [0.3, 0.4) is 0 Å². The van der Waals surface area contributed by atoms with Gasteiger partial charge < -0.3 is 15.0 Å². The Hall–Kier alpha value is -0.120. The maximum atomic E-state index is 6.21. The van der Waals surface area contributed by atoms with Crippen molar-refractivity contribution in [3.8, 4) is 0 Å². The molecule has 0 aromatic heterocycles. The maximum absolute atomic E-state index is 6.21. The molecule has 0 radical (unpaired) electrons. The molecule has 0 aromatic carbocycles. The lowest BCUT2D eigenvalue weighted by Crippen LogP contribution is -2.35. The molecule has 3 heteroatoms. The molecule has 2 saturated heterocycles. The Morgan fingerprint density at radius 1 is 1.10 bits per heavy atom. The van der Waals surface area contributed by atoms with Gasteiger partial charge in [-0.1, -0.05) is 20.8 Å². The van der Waals surface area contributed by atoms with Gasteiger partial charge in [0, 0.05) is 13.1 Å². The molecule has 0 amide bonds. The lowest BCUT2D eigenvalue weighted by molar-refractivity contribution is 0.0236. The fourth-order valence-electron chi connectivity index (χ4n) is 3.39. The minimum absolute atomic E-state index is 0.449. The largest absolute Gasteiger partial charge is 0.372 e. The molecule has 0 aliphatic carbocycles. The summed E-state index contributed by atoms with van der Waals surface area (Å²) >= 11 is 0. The first kappa shape index (κ1) is 16.3. The summed E-state index contributed by atoms with van der Waals surface area (Å²) in [6.07, 6.45) is 7.56. The van der Waals surface area contributed by atoms with Crippen LogP contribution in [0.25, 0.3) is 0 Å². The summed E-state index contributed by atoms with van der Waals surface area (Å²) in [6, 6.07) is 0. The zero-order valence-electron chi connectivity index (χ0n) is 13.7. The molecule has 2 aliphatic heterocycles. The Morgan fingerprint density at radius 3 is 2.70 bits per heavy atom. The molecule has 1 N–H and O–H groups in total. The van der Waals surface area contributed by atoms with E-state index in [0.717, 1.165) is 31.5 Å². The summed E-state index contributed by atoms with van der Waals surface area (Å²) in [5, 5.41) is 3.53. The summed E-state index contributed by atoms with van der Waals surface area (Å²) in [5.41, 5.74) is 0. The Morgan fingerprint density at radius 2 is 1.90 bits per heavy atom. The molecule has 2 fully saturated rings. The van der Waals surface area contributed by atoms with Crippen molar-refractivity contribution in [2.45, 2.75) is 65.1 Å². The number of nitrogens with zero attached hydrogens (tertiary/aromatic N) is 1. The van der Waals surface area contributed by atoms with E-state index in [1.165, 1.54) is 45.2 Å². The molecule has 20 heavy (non-hydrogen) atoms. The van der Waals surface area contributed by atoms with Crippen molar-refractivity contribution in [3.63, 3.8) is 0 Å². The molecule has 0 aromatic rings. The van der Waals surface area contributed by atoms with E-state index in [2.05, 4.69) is 31.0 Å². The Balaban J connectivity index is 1.62. The van der Waals surface area contributed by atoms with Gasteiger partial charge in [0.2, 0.25) is 0 Å². The van der Waals surface area contributed by atoms with Crippen LogP contribution in [0.5, 0.6) is 0 Å². The highest BCUT2D eigenvalue weighted by molar-refractivity contribution is 4.79. The summed E-state index contributed by atoms with van der Waals surface area (Å²) in [5.74, 6) is 1.64. The van der Waals surface area contributed by atoms with Crippen molar-refractivity contribution >= 4 is 0 Å². The number of rotatable bonds is 6. The lowest BCUT2D eigenvalue weighted by Gasteiger charge is -2.24. The fourth-order valence-corrected chi connectivity index (χ4v) is 3.39. The second-order valence-electron chi connectivity index (χ2n) is 7.35. The first-order chi connectivity index (χ1) is 9.63. The second-order valence-corrected chi connectivity index (χ2v) is 7.35. The summed E-state index contributed by atoms with van der Waals surface area (Å²) < 4.78 is 6.21. The van der Waals surface area contributed by atoms with Crippen molar-refractivity contribution in [2.75, 3.05) is 32.7 Å². The predicted octanol–water partition coefficient (Wildman–Crippen LogP) is 2.90. The molecule has 2 heterocycles. The third-order valence-corrected chi connectivity index (χ3v) is 4.69. The van der Waals surface area contributed by atoms with Gasteiger partial charge in [-0.2, -0.15) is 0 Å².